The molecule has 1 amide bonds. The van der Waals surface area contributed by atoms with Crippen molar-refractivity contribution in [3.8, 4) is 11.5 Å². The van der Waals surface area contributed by atoms with Gasteiger partial charge in [0.05, 0.1) is 23.4 Å². The highest BCUT2D eigenvalue weighted by atomic mass is 35.5. The summed E-state index contributed by atoms with van der Waals surface area (Å²) < 4.78 is 41.6. The molecule has 3 aromatic rings. The first-order chi connectivity index (χ1) is 16.1. The van der Waals surface area contributed by atoms with Crippen molar-refractivity contribution < 1.29 is 26.5 Å². The van der Waals surface area contributed by atoms with E-state index in [1.165, 1.54) is 37.6 Å². The fourth-order valence-electron chi connectivity index (χ4n) is 3.03. The lowest BCUT2D eigenvalue weighted by Crippen LogP contribution is -2.36. The molecule has 0 unspecified atom stereocenters. The van der Waals surface area contributed by atoms with Gasteiger partial charge in [-0.15, -0.1) is 0 Å². The number of likely N-dealkylation sites (N-methyl/N-ethyl adjacent to an activating group) is 1. The first-order valence-corrected chi connectivity index (χ1v) is 12.3. The highest BCUT2D eigenvalue weighted by molar-refractivity contribution is 7.87. The van der Waals surface area contributed by atoms with Gasteiger partial charge in [-0.2, -0.15) is 8.42 Å². The van der Waals surface area contributed by atoms with Crippen LogP contribution in [-0.2, 0) is 16.7 Å². The van der Waals surface area contributed by atoms with Crippen LogP contribution >= 0.6 is 23.2 Å². The van der Waals surface area contributed by atoms with Crippen molar-refractivity contribution >= 4 is 39.2 Å². The molecular formula is C23H24Cl2N2O6S. The maximum Gasteiger partial charge on any atom is 0.339 e. The second kappa shape index (κ2) is 11.1. The number of carbonyl (C=O) groups excluding carboxylic acids is 1. The van der Waals surface area contributed by atoms with Crippen LogP contribution in [0.1, 0.15) is 16.1 Å². The van der Waals surface area contributed by atoms with Gasteiger partial charge in [0, 0.05) is 19.6 Å². The zero-order chi connectivity index (χ0) is 24.9. The highest BCUT2D eigenvalue weighted by Crippen LogP contribution is 2.33. The van der Waals surface area contributed by atoms with Gasteiger partial charge in [0.2, 0.25) is 0 Å². The van der Waals surface area contributed by atoms with E-state index in [0.29, 0.717) is 18.7 Å². The number of ether oxygens (including phenoxy) is 1. The molecule has 2 aromatic carbocycles. The molecule has 11 heteroatoms. The monoisotopic (exact) mass is 526 g/mol. The normalized spacial score (nSPS) is 11.5. The van der Waals surface area contributed by atoms with Gasteiger partial charge >= 0.3 is 10.1 Å². The second-order valence-corrected chi connectivity index (χ2v) is 9.97. The van der Waals surface area contributed by atoms with E-state index in [-0.39, 0.29) is 44.7 Å². The molecule has 1 aromatic heterocycles. The minimum atomic E-state index is -4.23. The number of halogens is 2. The summed E-state index contributed by atoms with van der Waals surface area (Å²) in [5.41, 5.74) is 0.638. The number of carbonyl (C=O) groups is 1. The number of nitrogens with zero attached hydrogens (tertiary/aromatic N) is 2. The summed E-state index contributed by atoms with van der Waals surface area (Å²) in [5.74, 6) is 0.119. The molecule has 0 aliphatic carbocycles. The van der Waals surface area contributed by atoms with Gasteiger partial charge in [0.25, 0.3) is 5.91 Å². The molecule has 0 atom stereocenters. The van der Waals surface area contributed by atoms with Gasteiger partial charge in [0.15, 0.2) is 17.3 Å². The molecule has 8 nitrogen and oxygen atoms in total. The van der Waals surface area contributed by atoms with Crippen LogP contribution in [0.15, 0.2) is 64.1 Å². The number of amides is 1. The van der Waals surface area contributed by atoms with Crippen molar-refractivity contribution in [2.24, 2.45) is 0 Å². The minimum Gasteiger partial charge on any atom is -0.493 e. The van der Waals surface area contributed by atoms with E-state index in [0.717, 1.165) is 0 Å². The fourth-order valence-corrected chi connectivity index (χ4v) is 4.36. The summed E-state index contributed by atoms with van der Waals surface area (Å²) >= 11 is 11.8. The quantitative estimate of drug-likeness (QED) is 0.357. The second-order valence-electron chi connectivity index (χ2n) is 7.61. The minimum absolute atomic E-state index is 0.0240. The Morgan fingerprint density at radius 1 is 1.00 bits per heavy atom. The van der Waals surface area contributed by atoms with Gasteiger partial charge in [-0.3, -0.25) is 4.79 Å². The lowest BCUT2D eigenvalue weighted by Gasteiger charge is -2.24. The summed E-state index contributed by atoms with van der Waals surface area (Å²) in [6.45, 7) is 1.24. The van der Waals surface area contributed by atoms with E-state index < -0.39 is 10.1 Å². The maximum absolute atomic E-state index is 12.9. The van der Waals surface area contributed by atoms with Crippen molar-refractivity contribution in [1.29, 1.82) is 0 Å². The predicted molar refractivity (Wildman–Crippen MR) is 129 cm³/mol. The Morgan fingerprint density at radius 3 is 2.38 bits per heavy atom. The zero-order valence-corrected chi connectivity index (χ0v) is 21.2. The third kappa shape index (κ3) is 6.44. The predicted octanol–water partition coefficient (Wildman–Crippen LogP) is 4.57. The average Bonchev–Trinajstić information content (AvgIpc) is 3.32. The van der Waals surface area contributed by atoms with E-state index in [1.807, 2.05) is 19.0 Å². The van der Waals surface area contributed by atoms with E-state index in [2.05, 4.69) is 0 Å². The maximum atomic E-state index is 12.9. The van der Waals surface area contributed by atoms with E-state index in [9.17, 15) is 13.2 Å². The number of methoxy groups -OCH3 is 1. The van der Waals surface area contributed by atoms with Crippen LogP contribution in [0.2, 0.25) is 10.0 Å². The standard InChI is InChI=1S/C23H24Cl2N2O6S/c1-26(2)10-11-27(23(28)21-5-4-12-32-21)15-16-6-9-20(31-3)22(13-16)33-34(29,30)17-7-8-18(24)19(25)14-17/h4-9,12-14H,10-11,15H2,1-3H3. The van der Waals surface area contributed by atoms with Crippen LogP contribution in [0, 0.1) is 0 Å². The van der Waals surface area contributed by atoms with Gasteiger partial charge < -0.3 is 23.1 Å². The summed E-state index contributed by atoms with van der Waals surface area (Å²) in [4.78, 5) is 16.3. The van der Waals surface area contributed by atoms with E-state index in [4.69, 9.17) is 36.5 Å². The topological polar surface area (TPSA) is 89.3 Å². The summed E-state index contributed by atoms with van der Waals surface area (Å²) in [7, 11) is 0.982. The van der Waals surface area contributed by atoms with Crippen molar-refractivity contribution in [1.82, 2.24) is 9.80 Å². The molecule has 3 rings (SSSR count). The molecule has 0 radical (unpaired) electrons. The Bertz CT molecular complexity index is 1250. The number of furan rings is 1. The molecule has 0 N–H and O–H groups in total. The summed E-state index contributed by atoms with van der Waals surface area (Å²) in [6.07, 6.45) is 1.44. The Kier molecular flexibility index (Phi) is 8.48. The smallest absolute Gasteiger partial charge is 0.339 e. The number of rotatable bonds is 10. The van der Waals surface area contributed by atoms with E-state index in [1.54, 1.807) is 29.2 Å². The molecule has 0 saturated heterocycles. The lowest BCUT2D eigenvalue weighted by atomic mass is 10.2. The Labute approximate surface area is 208 Å². The zero-order valence-electron chi connectivity index (χ0n) is 18.8. The third-order valence-corrected chi connectivity index (χ3v) is 6.79. The Balaban J connectivity index is 1.89. The summed E-state index contributed by atoms with van der Waals surface area (Å²) in [6, 6.07) is 11.9. The van der Waals surface area contributed by atoms with Crippen molar-refractivity contribution in [3.63, 3.8) is 0 Å². The molecular weight excluding hydrogens is 503 g/mol. The average molecular weight is 527 g/mol. The van der Waals surface area contributed by atoms with Crippen LogP contribution in [0.3, 0.4) is 0 Å². The summed E-state index contributed by atoms with van der Waals surface area (Å²) in [5, 5.41) is 0.305. The van der Waals surface area contributed by atoms with Gasteiger partial charge in [-0.25, -0.2) is 0 Å². The van der Waals surface area contributed by atoms with Crippen LogP contribution in [-0.4, -0.2) is 58.4 Å². The van der Waals surface area contributed by atoms with Gasteiger partial charge in [0.1, 0.15) is 4.90 Å². The van der Waals surface area contributed by atoms with Crippen LogP contribution in [0.5, 0.6) is 11.5 Å². The van der Waals surface area contributed by atoms with Crippen LogP contribution < -0.4 is 8.92 Å². The highest BCUT2D eigenvalue weighted by Gasteiger charge is 2.23. The van der Waals surface area contributed by atoms with Gasteiger partial charge in [-0.1, -0.05) is 29.3 Å². The molecule has 0 spiro atoms. The number of hydrogen-bond donors (Lipinski definition) is 0. The first-order valence-electron chi connectivity index (χ1n) is 10.1. The molecule has 1 heterocycles. The first kappa shape index (κ1) is 25.9. The molecule has 0 aliphatic rings. The molecule has 0 saturated carbocycles. The lowest BCUT2D eigenvalue weighted by molar-refractivity contribution is 0.0699. The largest absolute Gasteiger partial charge is 0.493 e. The molecule has 0 fully saturated rings. The van der Waals surface area contributed by atoms with Crippen LogP contribution in [0.4, 0.5) is 0 Å². The Morgan fingerprint density at radius 2 is 1.76 bits per heavy atom. The molecule has 0 aliphatic heterocycles. The molecule has 182 valence electrons. The van der Waals surface area contributed by atoms with Crippen molar-refractivity contribution in [2.75, 3.05) is 34.3 Å². The Hall–Kier alpha value is -2.72. The van der Waals surface area contributed by atoms with Crippen molar-refractivity contribution in [3.05, 3.63) is 76.2 Å². The van der Waals surface area contributed by atoms with Crippen LogP contribution in [0.25, 0.3) is 0 Å². The number of benzene rings is 2. The van der Waals surface area contributed by atoms with Gasteiger partial charge in [-0.05, 0) is 62.1 Å². The molecule has 34 heavy (non-hydrogen) atoms. The number of hydrogen-bond acceptors (Lipinski definition) is 7. The van der Waals surface area contributed by atoms with E-state index >= 15 is 0 Å². The SMILES string of the molecule is COc1ccc(CN(CCN(C)C)C(=O)c2ccco2)cc1OS(=O)(=O)c1ccc(Cl)c(Cl)c1. The fraction of sp³-hybridized carbons (Fsp3) is 0.261. The molecule has 0 bridgehead atoms. The van der Waals surface area contributed by atoms with Crippen molar-refractivity contribution in [2.45, 2.75) is 11.4 Å². The third-order valence-electron chi connectivity index (χ3n) is 4.82.